The van der Waals surface area contributed by atoms with Gasteiger partial charge in [-0.1, -0.05) is 52.5 Å². The highest BCUT2D eigenvalue weighted by atomic mass is 19.1. The van der Waals surface area contributed by atoms with Crippen LogP contribution in [0.3, 0.4) is 0 Å². The maximum absolute atomic E-state index is 14.6. The fourth-order valence-electron chi connectivity index (χ4n) is 3.78. The van der Waals surface area contributed by atoms with E-state index in [1.807, 2.05) is 24.3 Å². The van der Waals surface area contributed by atoms with Crippen molar-refractivity contribution in [2.45, 2.75) is 6.54 Å². The molecule has 0 N–H and O–H groups in total. The van der Waals surface area contributed by atoms with E-state index < -0.39 is 5.82 Å². The second-order valence-electron chi connectivity index (χ2n) is 7.83. The third-order valence-corrected chi connectivity index (χ3v) is 5.50. The maximum Gasteiger partial charge on any atom is 0.281 e. The first-order valence-corrected chi connectivity index (χ1v) is 11.0. The van der Waals surface area contributed by atoms with E-state index >= 15 is 0 Å². The molecule has 10 heteroatoms. The summed E-state index contributed by atoms with van der Waals surface area (Å²) in [7, 11) is 0. The van der Waals surface area contributed by atoms with Crippen molar-refractivity contribution < 1.29 is 8.91 Å². The van der Waals surface area contributed by atoms with E-state index in [0.29, 0.717) is 23.8 Å². The molecule has 9 nitrogen and oxygen atoms in total. The molecule has 0 saturated heterocycles. The van der Waals surface area contributed by atoms with Gasteiger partial charge in [0.25, 0.3) is 5.89 Å². The Kier molecular flexibility index (Phi) is 5.45. The molecular weight excluding hydrogens is 459 g/mol. The average molecular weight is 476 g/mol. The summed E-state index contributed by atoms with van der Waals surface area (Å²) in [5.41, 5.74) is 6.66. The first-order valence-electron chi connectivity index (χ1n) is 11.0. The van der Waals surface area contributed by atoms with Gasteiger partial charge in [0.05, 0.1) is 19.0 Å². The van der Waals surface area contributed by atoms with Crippen molar-refractivity contribution in [3.8, 4) is 39.9 Å². The first kappa shape index (κ1) is 21.3. The second kappa shape index (κ2) is 9.21. The zero-order chi connectivity index (χ0) is 24.3. The Morgan fingerprint density at radius 3 is 2.56 bits per heavy atom. The van der Waals surface area contributed by atoms with Crippen LogP contribution >= 0.6 is 0 Å². The summed E-state index contributed by atoms with van der Waals surface area (Å²) in [4.78, 5) is 8.63. The van der Waals surface area contributed by atoms with Crippen LogP contribution in [0.2, 0.25) is 0 Å². The first-order chi connectivity index (χ1) is 17.8. The Bertz CT molecular complexity index is 1620. The number of benzene rings is 2. The predicted molar refractivity (Wildman–Crippen MR) is 130 cm³/mol. The monoisotopic (exact) mass is 476 g/mol. The van der Waals surface area contributed by atoms with E-state index in [9.17, 15) is 4.39 Å². The smallest absolute Gasteiger partial charge is 0.281 e. The number of aromatic nitrogens is 6. The highest BCUT2D eigenvalue weighted by Crippen LogP contribution is 2.32. The van der Waals surface area contributed by atoms with E-state index in [2.05, 4.69) is 36.3 Å². The van der Waals surface area contributed by atoms with Gasteiger partial charge in [-0.3, -0.25) is 9.99 Å². The molecule has 6 rings (SSSR count). The second-order valence-corrected chi connectivity index (χ2v) is 7.83. The molecule has 5 aromatic rings. The number of pyridine rings is 1. The molecule has 2 aromatic carbocycles. The van der Waals surface area contributed by atoms with Gasteiger partial charge in [-0.15, -0.1) is 5.10 Å². The number of hydrogen-bond acceptors (Lipinski definition) is 8. The van der Waals surface area contributed by atoms with Gasteiger partial charge in [0.15, 0.2) is 5.69 Å². The van der Waals surface area contributed by atoms with Gasteiger partial charge in [0.2, 0.25) is 5.82 Å². The summed E-state index contributed by atoms with van der Waals surface area (Å²) in [6, 6.07) is 17.7. The lowest BCUT2D eigenvalue weighted by molar-refractivity contribution is 0.393. The molecule has 0 aliphatic carbocycles. The minimum Gasteiger partial charge on any atom is -0.332 e. The summed E-state index contributed by atoms with van der Waals surface area (Å²) in [5, 5.41) is 18.7. The van der Waals surface area contributed by atoms with Crippen molar-refractivity contribution in [3.63, 3.8) is 0 Å². The molecular formula is C26H17FN8O. The maximum atomic E-state index is 14.6. The van der Waals surface area contributed by atoms with Crippen LogP contribution in [0.1, 0.15) is 5.56 Å². The zero-order valence-electron chi connectivity index (χ0n) is 18.7. The fraction of sp³-hybridized carbons (Fsp3) is 0.0385. The van der Waals surface area contributed by atoms with E-state index in [1.165, 1.54) is 10.7 Å². The van der Waals surface area contributed by atoms with Crippen molar-refractivity contribution in [1.82, 2.24) is 35.1 Å². The number of nitrogens with zero attached hydrogens (tertiary/aromatic N) is 8. The number of halogens is 1. The van der Waals surface area contributed by atoms with Crippen LogP contribution in [0.25, 0.3) is 39.9 Å². The molecule has 1 aliphatic rings. The number of rotatable bonds is 6. The van der Waals surface area contributed by atoms with Crippen LogP contribution in [-0.2, 0) is 6.54 Å². The molecule has 0 amide bonds. The van der Waals surface area contributed by atoms with Crippen LogP contribution in [-0.4, -0.2) is 41.3 Å². The van der Waals surface area contributed by atoms with E-state index in [4.69, 9.17) is 4.52 Å². The molecule has 0 fully saturated rings. The highest BCUT2D eigenvalue weighted by molar-refractivity contribution is 5.76. The summed E-state index contributed by atoms with van der Waals surface area (Å²) in [6.07, 6.45) is 8.51. The van der Waals surface area contributed by atoms with Gasteiger partial charge in [-0.05, 0) is 29.8 Å². The van der Waals surface area contributed by atoms with Crippen molar-refractivity contribution in [3.05, 3.63) is 102 Å². The molecule has 1 aliphatic heterocycles. The molecule has 0 atom stereocenters. The minimum absolute atomic E-state index is 0.169. The predicted octanol–water partition coefficient (Wildman–Crippen LogP) is 4.66. The van der Waals surface area contributed by atoms with Crippen LogP contribution in [0.5, 0.6) is 0 Å². The number of allylic oxidation sites excluding steroid dienone is 1. The van der Waals surface area contributed by atoms with Crippen molar-refractivity contribution in [2.75, 3.05) is 0 Å². The van der Waals surface area contributed by atoms with E-state index in [0.717, 1.165) is 16.7 Å². The van der Waals surface area contributed by atoms with E-state index in [1.54, 1.807) is 66.2 Å². The van der Waals surface area contributed by atoms with Gasteiger partial charge in [-0.2, -0.15) is 10.1 Å². The summed E-state index contributed by atoms with van der Waals surface area (Å²) >= 11 is 0. The zero-order valence-corrected chi connectivity index (χ0v) is 18.7. The quantitative estimate of drug-likeness (QED) is 0.329. The molecule has 36 heavy (non-hydrogen) atoms. The third kappa shape index (κ3) is 4.08. The van der Waals surface area contributed by atoms with Gasteiger partial charge in [-0.25, -0.2) is 9.07 Å². The Hall–Kier alpha value is -5.21. The average Bonchev–Trinajstić information content (AvgIpc) is 3.58. The number of hydrazone groups is 1. The summed E-state index contributed by atoms with van der Waals surface area (Å²) in [6.45, 7) is 0.615. The fourth-order valence-corrected chi connectivity index (χ4v) is 3.78. The molecule has 0 spiro atoms. The molecule has 0 radical (unpaired) electrons. The highest BCUT2D eigenvalue weighted by Gasteiger charge is 2.24. The molecule has 4 heterocycles. The minimum atomic E-state index is -0.433. The Balaban J connectivity index is 1.34. The van der Waals surface area contributed by atoms with Crippen LogP contribution < -0.4 is 0 Å². The standard InChI is InChI=1S/C26H17FN8O/c27-21-5-1-2-6-22(21)35-24(19-11-14-28-15-12-19)23(31-33-35)26-30-25(32-36-26)20-9-7-18(8-10-20)17-34-16-4-3-13-29-34/h1-3,5-16H,17H2. The van der Waals surface area contributed by atoms with Crippen LogP contribution in [0.4, 0.5) is 4.39 Å². The normalized spacial score (nSPS) is 12.4. The van der Waals surface area contributed by atoms with Crippen molar-refractivity contribution >= 4 is 6.21 Å². The SMILES string of the molecule is Fc1ccccc1-n1nnc(-c2nc(-c3ccc(CN4C=C=CC=N4)cc3)no2)c1-c1ccncc1. The van der Waals surface area contributed by atoms with Crippen LogP contribution in [0.15, 0.2) is 101 Å². The lowest BCUT2D eigenvalue weighted by atomic mass is 10.1. The summed E-state index contributed by atoms with van der Waals surface area (Å²) in [5.74, 6) is 0.136. The molecule has 0 unspecified atom stereocenters. The Morgan fingerprint density at radius 1 is 0.944 bits per heavy atom. The van der Waals surface area contributed by atoms with E-state index in [-0.39, 0.29) is 11.6 Å². The molecule has 0 saturated carbocycles. The van der Waals surface area contributed by atoms with Gasteiger partial charge in [0, 0.05) is 29.6 Å². The number of hydrogen-bond donors (Lipinski definition) is 0. The lowest BCUT2D eigenvalue weighted by Gasteiger charge is -2.14. The largest absolute Gasteiger partial charge is 0.332 e. The molecule has 0 bridgehead atoms. The molecule has 174 valence electrons. The summed E-state index contributed by atoms with van der Waals surface area (Å²) < 4.78 is 21.6. The van der Waals surface area contributed by atoms with Crippen molar-refractivity contribution in [2.24, 2.45) is 5.10 Å². The van der Waals surface area contributed by atoms with Crippen molar-refractivity contribution in [1.29, 1.82) is 0 Å². The van der Waals surface area contributed by atoms with Gasteiger partial charge < -0.3 is 4.52 Å². The number of para-hydroxylation sites is 1. The third-order valence-electron chi connectivity index (χ3n) is 5.50. The van der Waals surface area contributed by atoms with Crippen LogP contribution in [0, 0.1) is 5.82 Å². The molecule has 3 aromatic heterocycles. The lowest BCUT2D eigenvalue weighted by Crippen LogP contribution is -2.10. The topological polar surface area (TPSA) is 98.1 Å². The Labute approximate surface area is 204 Å². The Morgan fingerprint density at radius 2 is 1.78 bits per heavy atom. The van der Waals surface area contributed by atoms with Gasteiger partial charge >= 0.3 is 0 Å². The van der Waals surface area contributed by atoms with Gasteiger partial charge in [0.1, 0.15) is 17.2 Å².